The molecular formula is C10H15N3OS. The predicted molar refractivity (Wildman–Crippen MR) is 61.1 cm³/mol. The highest BCUT2D eigenvalue weighted by molar-refractivity contribution is 7.15. The number of aromatic nitrogens is 1. The van der Waals surface area contributed by atoms with Crippen LogP contribution < -0.4 is 5.32 Å². The molecule has 0 atom stereocenters. The Balaban J connectivity index is 2.12. The maximum atomic E-state index is 11.2. The number of anilines is 1. The summed E-state index contributed by atoms with van der Waals surface area (Å²) in [5.41, 5.74) is 1.16. The van der Waals surface area contributed by atoms with Gasteiger partial charge in [-0.05, 0) is 7.05 Å². The van der Waals surface area contributed by atoms with Crippen molar-refractivity contribution < 1.29 is 4.79 Å². The molecular weight excluding hydrogens is 210 g/mol. The van der Waals surface area contributed by atoms with E-state index in [0.29, 0.717) is 6.42 Å². The van der Waals surface area contributed by atoms with Crippen LogP contribution in [0, 0.1) is 0 Å². The van der Waals surface area contributed by atoms with Crippen LogP contribution in [0.25, 0.3) is 0 Å². The van der Waals surface area contributed by atoms with Gasteiger partial charge in [0.05, 0.1) is 5.69 Å². The number of rotatable bonds is 2. The van der Waals surface area contributed by atoms with Crippen molar-refractivity contribution in [3.63, 3.8) is 0 Å². The minimum absolute atomic E-state index is 0.0365. The molecule has 0 bridgehead atoms. The molecule has 2 rings (SSSR count). The van der Waals surface area contributed by atoms with Gasteiger partial charge in [-0.3, -0.25) is 4.79 Å². The molecule has 0 radical (unpaired) electrons. The van der Waals surface area contributed by atoms with Gasteiger partial charge >= 0.3 is 0 Å². The van der Waals surface area contributed by atoms with Crippen molar-refractivity contribution in [2.45, 2.75) is 26.3 Å². The van der Waals surface area contributed by atoms with E-state index < -0.39 is 0 Å². The van der Waals surface area contributed by atoms with Crippen molar-refractivity contribution in [2.24, 2.45) is 0 Å². The molecule has 5 heteroatoms. The summed E-state index contributed by atoms with van der Waals surface area (Å²) >= 11 is 1.60. The first kappa shape index (κ1) is 10.6. The van der Waals surface area contributed by atoms with Gasteiger partial charge in [0.2, 0.25) is 5.91 Å². The Morgan fingerprint density at radius 2 is 2.47 bits per heavy atom. The van der Waals surface area contributed by atoms with E-state index in [0.717, 1.165) is 30.3 Å². The number of amides is 1. The Bertz CT molecular complexity index is 375. The normalized spacial score (nSPS) is 16.1. The second-order valence-corrected chi connectivity index (χ2v) is 4.86. The standard InChI is InChI=1S/C10H15N3OS/c1-3-9(14)12-10-11-7-4-5-13(2)6-8(7)15-10/h3-6H2,1-2H3,(H,11,12,14). The molecule has 82 valence electrons. The molecule has 1 amide bonds. The van der Waals surface area contributed by atoms with Gasteiger partial charge in [0, 0.05) is 30.8 Å². The smallest absolute Gasteiger partial charge is 0.225 e. The highest BCUT2D eigenvalue weighted by Crippen LogP contribution is 2.27. The number of nitrogens with one attached hydrogen (secondary N) is 1. The monoisotopic (exact) mass is 225 g/mol. The third-order valence-corrected chi connectivity index (χ3v) is 3.49. The van der Waals surface area contributed by atoms with Gasteiger partial charge in [-0.25, -0.2) is 4.98 Å². The van der Waals surface area contributed by atoms with E-state index in [9.17, 15) is 4.79 Å². The third-order valence-electron chi connectivity index (χ3n) is 2.49. The lowest BCUT2D eigenvalue weighted by Gasteiger charge is -2.20. The number of hydrogen-bond donors (Lipinski definition) is 1. The SMILES string of the molecule is CCC(=O)Nc1nc2c(s1)CN(C)CC2. The fourth-order valence-corrected chi connectivity index (χ4v) is 2.69. The van der Waals surface area contributed by atoms with Gasteiger partial charge in [-0.15, -0.1) is 11.3 Å². The zero-order chi connectivity index (χ0) is 10.8. The predicted octanol–water partition coefficient (Wildman–Crippen LogP) is 1.48. The molecule has 0 spiro atoms. The van der Waals surface area contributed by atoms with Crippen molar-refractivity contribution in [3.05, 3.63) is 10.6 Å². The highest BCUT2D eigenvalue weighted by atomic mass is 32.1. The lowest BCUT2D eigenvalue weighted by atomic mass is 10.2. The second-order valence-electron chi connectivity index (χ2n) is 3.78. The van der Waals surface area contributed by atoms with Crippen LogP contribution in [0.4, 0.5) is 5.13 Å². The summed E-state index contributed by atoms with van der Waals surface area (Å²) < 4.78 is 0. The van der Waals surface area contributed by atoms with Crippen LogP contribution >= 0.6 is 11.3 Å². The molecule has 1 aliphatic heterocycles. The Labute approximate surface area is 93.3 Å². The molecule has 15 heavy (non-hydrogen) atoms. The van der Waals surface area contributed by atoms with Gasteiger partial charge in [0.1, 0.15) is 0 Å². The second kappa shape index (κ2) is 4.28. The summed E-state index contributed by atoms with van der Waals surface area (Å²) in [7, 11) is 2.10. The maximum Gasteiger partial charge on any atom is 0.225 e. The van der Waals surface area contributed by atoms with Crippen LogP contribution in [0.1, 0.15) is 23.9 Å². The van der Waals surface area contributed by atoms with Gasteiger partial charge in [-0.1, -0.05) is 6.92 Å². The molecule has 1 aromatic heterocycles. The average Bonchev–Trinajstić information content (AvgIpc) is 2.59. The molecule has 2 heterocycles. The number of likely N-dealkylation sites (N-methyl/N-ethyl adjacent to an activating group) is 1. The molecule has 0 aliphatic carbocycles. The fourth-order valence-electron chi connectivity index (χ4n) is 1.58. The summed E-state index contributed by atoms with van der Waals surface area (Å²) in [6, 6.07) is 0. The first-order valence-electron chi connectivity index (χ1n) is 5.16. The van der Waals surface area contributed by atoms with Crippen LogP contribution in [0.3, 0.4) is 0 Å². The Morgan fingerprint density at radius 1 is 1.67 bits per heavy atom. The van der Waals surface area contributed by atoms with Crippen LogP contribution in [-0.2, 0) is 17.8 Å². The molecule has 1 aromatic rings. The van der Waals surface area contributed by atoms with Crippen LogP contribution in [0.2, 0.25) is 0 Å². The molecule has 0 fully saturated rings. The first-order valence-corrected chi connectivity index (χ1v) is 5.97. The average molecular weight is 225 g/mol. The van der Waals surface area contributed by atoms with Crippen molar-refractivity contribution >= 4 is 22.4 Å². The van der Waals surface area contributed by atoms with Crippen molar-refractivity contribution in [1.29, 1.82) is 0 Å². The molecule has 0 unspecified atom stereocenters. The van der Waals surface area contributed by atoms with E-state index in [1.54, 1.807) is 11.3 Å². The molecule has 1 N–H and O–H groups in total. The summed E-state index contributed by atoms with van der Waals surface area (Å²) in [5.74, 6) is 0.0365. The zero-order valence-corrected chi connectivity index (χ0v) is 9.86. The minimum atomic E-state index is 0.0365. The number of hydrogen-bond acceptors (Lipinski definition) is 4. The Kier molecular flexibility index (Phi) is 3.02. The topological polar surface area (TPSA) is 45.2 Å². The lowest BCUT2D eigenvalue weighted by molar-refractivity contribution is -0.115. The number of carbonyl (C=O) groups excluding carboxylic acids is 1. The first-order chi connectivity index (χ1) is 7.19. The van der Waals surface area contributed by atoms with E-state index in [-0.39, 0.29) is 5.91 Å². The Morgan fingerprint density at radius 3 is 3.20 bits per heavy atom. The van der Waals surface area contributed by atoms with Crippen molar-refractivity contribution in [2.75, 3.05) is 18.9 Å². The van der Waals surface area contributed by atoms with E-state index in [4.69, 9.17) is 0 Å². The van der Waals surface area contributed by atoms with E-state index in [1.807, 2.05) is 6.92 Å². The van der Waals surface area contributed by atoms with E-state index >= 15 is 0 Å². The van der Waals surface area contributed by atoms with Crippen LogP contribution in [-0.4, -0.2) is 29.4 Å². The zero-order valence-electron chi connectivity index (χ0n) is 9.04. The van der Waals surface area contributed by atoms with Crippen molar-refractivity contribution in [1.82, 2.24) is 9.88 Å². The molecule has 0 saturated heterocycles. The third kappa shape index (κ3) is 2.35. The summed E-state index contributed by atoms with van der Waals surface area (Å²) in [5, 5.41) is 3.57. The van der Waals surface area contributed by atoms with Crippen molar-refractivity contribution in [3.8, 4) is 0 Å². The number of thiazole rings is 1. The van der Waals surface area contributed by atoms with E-state index in [1.165, 1.54) is 4.88 Å². The van der Waals surface area contributed by atoms with Gasteiger partial charge < -0.3 is 10.2 Å². The number of carbonyl (C=O) groups is 1. The van der Waals surface area contributed by atoms with Crippen LogP contribution in [0.15, 0.2) is 0 Å². The molecule has 0 saturated carbocycles. The van der Waals surface area contributed by atoms with Crippen LogP contribution in [0.5, 0.6) is 0 Å². The highest BCUT2D eigenvalue weighted by Gasteiger charge is 2.18. The Hall–Kier alpha value is -0.940. The van der Waals surface area contributed by atoms with Gasteiger partial charge in [0.15, 0.2) is 5.13 Å². The molecule has 0 aromatic carbocycles. The summed E-state index contributed by atoms with van der Waals surface area (Å²) in [4.78, 5) is 19.2. The fraction of sp³-hybridized carbons (Fsp3) is 0.600. The number of fused-ring (bicyclic) bond motifs is 1. The maximum absolute atomic E-state index is 11.2. The summed E-state index contributed by atoms with van der Waals surface area (Å²) in [6.45, 7) is 3.85. The van der Waals surface area contributed by atoms with E-state index in [2.05, 4.69) is 22.2 Å². The lowest BCUT2D eigenvalue weighted by Crippen LogP contribution is -2.25. The molecule has 4 nitrogen and oxygen atoms in total. The number of nitrogens with zero attached hydrogens (tertiary/aromatic N) is 2. The molecule has 1 aliphatic rings. The summed E-state index contributed by atoms with van der Waals surface area (Å²) in [6.07, 6.45) is 1.49. The van der Waals surface area contributed by atoms with Gasteiger partial charge in [0.25, 0.3) is 0 Å². The quantitative estimate of drug-likeness (QED) is 0.829. The van der Waals surface area contributed by atoms with Gasteiger partial charge in [-0.2, -0.15) is 0 Å². The largest absolute Gasteiger partial charge is 0.302 e. The minimum Gasteiger partial charge on any atom is -0.302 e.